The summed E-state index contributed by atoms with van der Waals surface area (Å²) >= 11 is 0. The fourth-order valence-electron chi connectivity index (χ4n) is 2.83. The first-order valence-electron chi connectivity index (χ1n) is 7.91. The highest BCUT2D eigenvalue weighted by atomic mass is 32.2. The molecule has 6 heteroatoms. The Morgan fingerprint density at radius 1 is 1.08 bits per heavy atom. The summed E-state index contributed by atoms with van der Waals surface area (Å²) in [6.45, 7) is 2.56. The average Bonchev–Trinajstić information content (AvgIpc) is 2.56. The minimum absolute atomic E-state index is 0.193. The predicted octanol–water partition coefficient (Wildman–Crippen LogP) is 2.60. The molecule has 0 radical (unpaired) electrons. The monoisotopic (exact) mass is 348 g/mol. The number of hydrogen-bond acceptors (Lipinski definition) is 5. The summed E-state index contributed by atoms with van der Waals surface area (Å²) in [5.41, 5.74) is 1.87. The molecule has 0 saturated carbocycles. The highest BCUT2D eigenvalue weighted by Crippen LogP contribution is 2.25. The van der Waals surface area contributed by atoms with Crippen molar-refractivity contribution in [3.8, 4) is 0 Å². The van der Waals surface area contributed by atoms with Crippen molar-refractivity contribution < 1.29 is 13.5 Å². The van der Waals surface area contributed by atoms with Crippen LogP contribution in [0.5, 0.6) is 0 Å². The lowest BCUT2D eigenvalue weighted by Crippen LogP contribution is -2.29. The van der Waals surface area contributed by atoms with Crippen molar-refractivity contribution in [2.24, 2.45) is 0 Å². The number of likely N-dealkylation sites (N-methyl/N-ethyl adjacent to an activating group) is 1. The summed E-state index contributed by atoms with van der Waals surface area (Å²) in [5, 5.41) is 10.5. The van der Waals surface area contributed by atoms with Crippen molar-refractivity contribution in [3.05, 3.63) is 59.9 Å². The van der Waals surface area contributed by atoms with Gasteiger partial charge in [-0.3, -0.25) is 9.88 Å². The molecular weight excluding hydrogens is 324 g/mol. The number of hydrogen-bond donors (Lipinski definition) is 1. The normalized spacial score (nSPS) is 14.5. The van der Waals surface area contributed by atoms with E-state index in [4.69, 9.17) is 0 Å². The first-order chi connectivity index (χ1) is 11.3. The zero-order valence-electron chi connectivity index (χ0n) is 14.3. The molecule has 0 spiro atoms. The molecule has 1 heterocycles. The number of aliphatic hydroxyl groups is 1. The summed E-state index contributed by atoms with van der Waals surface area (Å²) < 4.78 is 23.0. The molecule has 0 fully saturated rings. The SMILES string of the molecule is CCC(c1ccncc1)N(C)CC(O)c1ccc(S(C)(=O)=O)cc1. The Bertz CT molecular complexity index is 746. The van der Waals surface area contributed by atoms with Gasteiger partial charge >= 0.3 is 0 Å². The fourth-order valence-corrected chi connectivity index (χ4v) is 3.46. The van der Waals surface area contributed by atoms with Crippen LogP contribution >= 0.6 is 0 Å². The first kappa shape index (κ1) is 18.6. The van der Waals surface area contributed by atoms with Gasteiger partial charge in [0.15, 0.2) is 9.84 Å². The maximum atomic E-state index is 11.5. The number of nitrogens with zero attached hydrogens (tertiary/aromatic N) is 2. The van der Waals surface area contributed by atoms with Crippen molar-refractivity contribution in [1.29, 1.82) is 0 Å². The average molecular weight is 348 g/mol. The molecule has 2 atom stereocenters. The quantitative estimate of drug-likeness (QED) is 0.833. The van der Waals surface area contributed by atoms with Gasteiger partial charge in [0.1, 0.15) is 0 Å². The van der Waals surface area contributed by atoms with Gasteiger partial charge in [-0.1, -0.05) is 19.1 Å². The third-order valence-electron chi connectivity index (χ3n) is 4.16. The molecule has 0 bridgehead atoms. The van der Waals surface area contributed by atoms with Crippen LogP contribution in [0.15, 0.2) is 53.7 Å². The minimum atomic E-state index is -3.22. The van der Waals surface area contributed by atoms with Gasteiger partial charge in [-0.15, -0.1) is 0 Å². The van der Waals surface area contributed by atoms with E-state index in [1.54, 1.807) is 24.5 Å². The Morgan fingerprint density at radius 2 is 1.67 bits per heavy atom. The Balaban J connectivity index is 2.09. The van der Waals surface area contributed by atoms with Gasteiger partial charge in [0.05, 0.1) is 11.0 Å². The molecule has 0 aliphatic carbocycles. The van der Waals surface area contributed by atoms with Crippen LogP contribution < -0.4 is 0 Å². The van der Waals surface area contributed by atoms with Crippen molar-refractivity contribution >= 4 is 9.84 Å². The molecule has 2 rings (SSSR count). The van der Waals surface area contributed by atoms with E-state index in [1.165, 1.54) is 18.4 Å². The topological polar surface area (TPSA) is 70.5 Å². The smallest absolute Gasteiger partial charge is 0.175 e. The lowest BCUT2D eigenvalue weighted by atomic mass is 10.0. The van der Waals surface area contributed by atoms with Crippen molar-refractivity contribution in [2.75, 3.05) is 19.8 Å². The third kappa shape index (κ3) is 4.63. The van der Waals surface area contributed by atoms with Crippen LogP contribution in [0, 0.1) is 0 Å². The van der Waals surface area contributed by atoms with Gasteiger partial charge in [-0.25, -0.2) is 8.42 Å². The van der Waals surface area contributed by atoms with Crippen LogP contribution in [-0.2, 0) is 9.84 Å². The molecule has 0 amide bonds. The van der Waals surface area contributed by atoms with Crippen LogP contribution in [0.3, 0.4) is 0 Å². The van der Waals surface area contributed by atoms with Crippen molar-refractivity contribution in [2.45, 2.75) is 30.4 Å². The molecule has 5 nitrogen and oxygen atoms in total. The number of aliphatic hydroxyl groups excluding tert-OH is 1. The molecule has 1 aromatic heterocycles. The molecule has 0 aliphatic heterocycles. The Morgan fingerprint density at radius 3 is 2.17 bits per heavy atom. The second-order valence-corrected chi connectivity index (χ2v) is 8.02. The first-order valence-corrected chi connectivity index (χ1v) is 9.80. The van der Waals surface area contributed by atoms with E-state index in [-0.39, 0.29) is 10.9 Å². The highest BCUT2D eigenvalue weighted by molar-refractivity contribution is 7.90. The number of sulfone groups is 1. The maximum Gasteiger partial charge on any atom is 0.175 e. The molecule has 1 aromatic carbocycles. The van der Waals surface area contributed by atoms with Crippen LogP contribution in [0.4, 0.5) is 0 Å². The van der Waals surface area contributed by atoms with Crippen LogP contribution in [-0.4, -0.2) is 43.3 Å². The van der Waals surface area contributed by atoms with Crippen LogP contribution in [0.25, 0.3) is 0 Å². The van der Waals surface area contributed by atoms with Crippen LogP contribution in [0.1, 0.15) is 36.6 Å². The van der Waals surface area contributed by atoms with Crippen molar-refractivity contribution in [3.63, 3.8) is 0 Å². The Hall–Kier alpha value is -1.76. The van der Waals surface area contributed by atoms with E-state index >= 15 is 0 Å². The van der Waals surface area contributed by atoms with Gasteiger partial charge < -0.3 is 5.11 Å². The fraction of sp³-hybridized carbons (Fsp3) is 0.389. The predicted molar refractivity (Wildman–Crippen MR) is 94.4 cm³/mol. The summed E-state index contributed by atoms with van der Waals surface area (Å²) in [5.74, 6) is 0. The third-order valence-corrected chi connectivity index (χ3v) is 5.29. The van der Waals surface area contributed by atoms with E-state index in [9.17, 15) is 13.5 Å². The largest absolute Gasteiger partial charge is 0.387 e. The molecule has 130 valence electrons. The second kappa shape index (κ2) is 7.88. The summed E-state index contributed by atoms with van der Waals surface area (Å²) in [6.07, 6.45) is 4.95. The number of aromatic nitrogens is 1. The Labute approximate surface area is 143 Å². The molecule has 0 saturated heterocycles. The minimum Gasteiger partial charge on any atom is -0.387 e. The number of pyridine rings is 1. The van der Waals surface area contributed by atoms with Crippen molar-refractivity contribution in [1.82, 2.24) is 9.88 Å². The standard InChI is InChI=1S/C18H24N2O3S/c1-4-17(14-9-11-19-12-10-14)20(2)13-18(21)15-5-7-16(8-6-15)24(3,22)23/h5-12,17-18,21H,4,13H2,1-3H3. The molecule has 0 aliphatic rings. The van der Waals surface area contributed by atoms with Crippen LogP contribution in [0.2, 0.25) is 0 Å². The van der Waals surface area contributed by atoms with Gasteiger partial charge in [0.25, 0.3) is 0 Å². The summed E-state index contributed by atoms with van der Waals surface area (Å²) in [4.78, 5) is 6.40. The summed E-state index contributed by atoms with van der Waals surface area (Å²) in [7, 11) is -1.24. The molecule has 2 aromatic rings. The lowest BCUT2D eigenvalue weighted by molar-refractivity contribution is 0.102. The van der Waals surface area contributed by atoms with Gasteiger partial charge in [-0.05, 0) is 48.9 Å². The number of benzene rings is 1. The van der Waals surface area contributed by atoms with Gasteiger partial charge in [-0.2, -0.15) is 0 Å². The Kier molecular flexibility index (Phi) is 6.10. The molecule has 1 N–H and O–H groups in total. The van der Waals surface area contributed by atoms with E-state index in [0.717, 1.165) is 12.0 Å². The zero-order chi connectivity index (χ0) is 17.7. The van der Waals surface area contributed by atoms with Gasteiger partial charge in [0, 0.05) is 31.2 Å². The number of rotatable bonds is 7. The van der Waals surface area contributed by atoms with E-state index in [1.807, 2.05) is 19.2 Å². The molecule has 24 heavy (non-hydrogen) atoms. The lowest BCUT2D eigenvalue weighted by Gasteiger charge is -2.29. The van der Waals surface area contributed by atoms with E-state index < -0.39 is 15.9 Å². The van der Waals surface area contributed by atoms with Gasteiger partial charge in [0.2, 0.25) is 0 Å². The maximum absolute atomic E-state index is 11.5. The second-order valence-electron chi connectivity index (χ2n) is 6.00. The molecule has 2 unspecified atom stereocenters. The zero-order valence-corrected chi connectivity index (χ0v) is 15.1. The molecular formula is C18H24N2O3S. The summed E-state index contributed by atoms with van der Waals surface area (Å²) in [6, 6.07) is 10.6. The van der Waals surface area contributed by atoms with E-state index in [0.29, 0.717) is 12.1 Å². The van der Waals surface area contributed by atoms with E-state index in [2.05, 4.69) is 16.8 Å². The highest BCUT2D eigenvalue weighted by Gasteiger charge is 2.19.